The molecule has 2 saturated carbocycles. The van der Waals surface area contributed by atoms with Gasteiger partial charge in [0.2, 0.25) is 0 Å². The van der Waals surface area contributed by atoms with Crippen LogP contribution in [0, 0.1) is 17.3 Å². The van der Waals surface area contributed by atoms with Gasteiger partial charge in [0.15, 0.2) is 0 Å². The van der Waals surface area contributed by atoms with Crippen molar-refractivity contribution in [1.29, 1.82) is 0 Å². The first-order valence-corrected chi connectivity index (χ1v) is 4.83. The number of rotatable bonds is 0. The molecular formula is C11H18. The van der Waals surface area contributed by atoms with E-state index in [2.05, 4.69) is 26.8 Å². The fraction of sp³-hybridized carbons (Fsp3) is 0.818. The van der Waals surface area contributed by atoms with Crippen LogP contribution in [0.15, 0.2) is 11.6 Å². The van der Waals surface area contributed by atoms with E-state index >= 15 is 0 Å². The molecule has 0 saturated heterocycles. The third-order valence-corrected chi connectivity index (χ3v) is 3.95. The summed E-state index contributed by atoms with van der Waals surface area (Å²) in [4.78, 5) is 0. The lowest BCUT2D eigenvalue weighted by molar-refractivity contribution is 0.287. The van der Waals surface area contributed by atoms with Crippen LogP contribution in [0.3, 0.4) is 0 Å². The summed E-state index contributed by atoms with van der Waals surface area (Å²) in [6.45, 7) is 7.05. The van der Waals surface area contributed by atoms with Gasteiger partial charge in [0.1, 0.15) is 0 Å². The van der Waals surface area contributed by atoms with Gasteiger partial charge in [-0.15, -0.1) is 0 Å². The Morgan fingerprint density at radius 2 is 2.09 bits per heavy atom. The molecular weight excluding hydrogens is 132 g/mol. The first kappa shape index (κ1) is 7.39. The molecule has 0 unspecified atom stereocenters. The third kappa shape index (κ3) is 0.816. The molecule has 0 nitrogen and oxygen atoms in total. The van der Waals surface area contributed by atoms with Gasteiger partial charge >= 0.3 is 0 Å². The smallest absolute Gasteiger partial charge is 0.0114 e. The summed E-state index contributed by atoms with van der Waals surface area (Å²) in [5, 5.41) is 0. The highest BCUT2D eigenvalue weighted by molar-refractivity contribution is 5.25. The van der Waals surface area contributed by atoms with Gasteiger partial charge in [0.25, 0.3) is 0 Å². The maximum Gasteiger partial charge on any atom is -0.0114 e. The number of fused-ring (bicyclic) bond motifs is 2. The Hall–Kier alpha value is -0.260. The second kappa shape index (κ2) is 2.12. The normalized spacial score (nSPS) is 43.7. The molecule has 0 aromatic heterocycles. The van der Waals surface area contributed by atoms with Crippen molar-refractivity contribution in [2.45, 2.75) is 40.0 Å². The van der Waals surface area contributed by atoms with E-state index in [0.29, 0.717) is 5.41 Å². The van der Waals surface area contributed by atoms with E-state index < -0.39 is 0 Å². The predicted octanol–water partition coefficient (Wildman–Crippen LogP) is 3.39. The lowest BCUT2D eigenvalue weighted by atomic mass is 9.73. The van der Waals surface area contributed by atoms with Gasteiger partial charge in [-0.2, -0.15) is 0 Å². The van der Waals surface area contributed by atoms with E-state index in [0.717, 1.165) is 11.8 Å². The number of hydrogen-bond acceptors (Lipinski definition) is 0. The molecule has 0 N–H and O–H groups in total. The number of allylic oxidation sites excluding steroid dienone is 2. The second-order valence-corrected chi connectivity index (χ2v) is 4.67. The van der Waals surface area contributed by atoms with Crippen LogP contribution < -0.4 is 0 Å². The first-order valence-electron chi connectivity index (χ1n) is 4.83. The Balaban J connectivity index is 2.36. The van der Waals surface area contributed by atoms with Crippen LogP contribution in [-0.4, -0.2) is 0 Å². The molecule has 62 valence electrons. The van der Waals surface area contributed by atoms with Crippen LogP contribution in [0.5, 0.6) is 0 Å². The summed E-state index contributed by atoms with van der Waals surface area (Å²) in [7, 11) is 0. The molecule has 0 heteroatoms. The lowest BCUT2D eigenvalue weighted by Gasteiger charge is -2.32. The number of hydrogen-bond donors (Lipinski definition) is 0. The summed E-state index contributed by atoms with van der Waals surface area (Å²) < 4.78 is 0. The van der Waals surface area contributed by atoms with Crippen molar-refractivity contribution in [2.75, 3.05) is 0 Å². The molecule has 0 aliphatic heterocycles. The van der Waals surface area contributed by atoms with Crippen molar-refractivity contribution in [3.63, 3.8) is 0 Å². The van der Waals surface area contributed by atoms with Gasteiger partial charge in [-0.3, -0.25) is 0 Å². The maximum atomic E-state index is 2.42. The van der Waals surface area contributed by atoms with E-state index in [9.17, 15) is 0 Å². The quantitative estimate of drug-likeness (QED) is 0.464. The van der Waals surface area contributed by atoms with Crippen molar-refractivity contribution < 1.29 is 0 Å². The average molecular weight is 150 g/mol. The molecule has 0 spiro atoms. The van der Waals surface area contributed by atoms with E-state index in [1.54, 1.807) is 5.57 Å². The topological polar surface area (TPSA) is 0 Å². The van der Waals surface area contributed by atoms with Gasteiger partial charge in [-0.25, -0.2) is 0 Å². The molecule has 0 radical (unpaired) electrons. The van der Waals surface area contributed by atoms with Crippen LogP contribution >= 0.6 is 0 Å². The lowest BCUT2D eigenvalue weighted by Crippen LogP contribution is -2.22. The van der Waals surface area contributed by atoms with Crippen LogP contribution in [-0.2, 0) is 0 Å². The molecule has 2 rings (SSSR count). The van der Waals surface area contributed by atoms with Gasteiger partial charge in [0.05, 0.1) is 0 Å². The van der Waals surface area contributed by atoms with Gasteiger partial charge in [0, 0.05) is 0 Å². The summed E-state index contributed by atoms with van der Waals surface area (Å²) >= 11 is 0. The van der Waals surface area contributed by atoms with E-state index in [4.69, 9.17) is 0 Å². The molecule has 0 aromatic rings. The van der Waals surface area contributed by atoms with Crippen molar-refractivity contribution in [3.05, 3.63) is 11.6 Å². The maximum absolute atomic E-state index is 2.42. The Kier molecular flexibility index (Phi) is 1.42. The molecule has 0 aromatic carbocycles. The van der Waals surface area contributed by atoms with E-state index in [1.165, 1.54) is 19.3 Å². The first-order chi connectivity index (χ1) is 5.16. The van der Waals surface area contributed by atoms with Gasteiger partial charge in [-0.05, 0) is 43.4 Å². The minimum absolute atomic E-state index is 0.539. The van der Waals surface area contributed by atoms with Gasteiger partial charge < -0.3 is 0 Å². The molecule has 2 aliphatic carbocycles. The zero-order valence-corrected chi connectivity index (χ0v) is 7.85. The van der Waals surface area contributed by atoms with E-state index in [-0.39, 0.29) is 0 Å². The zero-order chi connectivity index (χ0) is 8.06. The SMILES string of the molecule is C/C=C1\[C@H]2CC[C@@H](C2)C1(C)C. The average Bonchev–Trinajstić information content (AvgIpc) is 2.44. The molecule has 11 heavy (non-hydrogen) atoms. The molecule has 0 amide bonds. The van der Waals surface area contributed by atoms with Crippen molar-refractivity contribution in [3.8, 4) is 0 Å². The van der Waals surface area contributed by atoms with E-state index in [1.807, 2.05) is 0 Å². The third-order valence-electron chi connectivity index (χ3n) is 3.95. The van der Waals surface area contributed by atoms with Crippen molar-refractivity contribution >= 4 is 0 Å². The molecule has 2 bridgehead atoms. The molecule has 0 heterocycles. The monoisotopic (exact) mass is 150 g/mol. The summed E-state index contributed by atoms with van der Waals surface area (Å²) in [6, 6.07) is 0. The minimum Gasteiger partial charge on any atom is -0.0876 e. The molecule has 2 aliphatic rings. The predicted molar refractivity (Wildman–Crippen MR) is 48.4 cm³/mol. The zero-order valence-electron chi connectivity index (χ0n) is 7.85. The highest BCUT2D eigenvalue weighted by Gasteiger charge is 2.48. The Labute approximate surface area is 69.7 Å². The Morgan fingerprint density at radius 1 is 1.36 bits per heavy atom. The molecule has 2 fully saturated rings. The fourth-order valence-corrected chi connectivity index (χ4v) is 3.29. The summed E-state index contributed by atoms with van der Waals surface area (Å²) in [5.74, 6) is 1.96. The standard InChI is InChI=1S/C11H18/c1-4-10-8-5-6-9(7-8)11(10,2)3/h4,8-9H,5-7H2,1-3H3/b10-4+/t8-,9-/m0/s1. The van der Waals surface area contributed by atoms with Crippen LogP contribution in [0.25, 0.3) is 0 Å². The van der Waals surface area contributed by atoms with Gasteiger partial charge in [-0.1, -0.05) is 25.5 Å². The van der Waals surface area contributed by atoms with Crippen molar-refractivity contribution in [2.24, 2.45) is 17.3 Å². The Bertz CT molecular complexity index is 198. The fourth-order valence-electron chi connectivity index (χ4n) is 3.29. The largest absolute Gasteiger partial charge is 0.0876 e. The van der Waals surface area contributed by atoms with Crippen LogP contribution in [0.2, 0.25) is 0 Å². The highest BCUT2D eigenvalue weighted by atomic mass is 14.5. The summed E-state index contributed by atoms with van der Waals surface area (Å²) in [5.41, 5.74) is 2.28. The highest BCUT2D eigenvalue weighted by Crippen LogP contribution is 2.58. The summed E-state index contributed by atoms with van der Waals surface area (Å²) in [6.07, 6.45) is 6.79. The minimum atomic E-state index is 0.539. The Morgan fingerprint density at radius 3 is 2.45 bits per heavy atom. The van der Waals surface area contributed by atoms with Crippen molar-refractivity contribution in [1.82, 2.24) is 0 Å². The second-order valence-electron chi connectivity index (χ2n) is 4.67. The molecule has 2 atom stereocenters. The van der Waals surface area contributed by atoms with Crippen LogP contribution in [0.1, 0.15) is 40.0 Å². The van der Waals surface area contributed by atoms with Crippen LogP contribution in [0.4, 0.5) is 0 Å².